The first-order valence-corrected chi connectivity index (χ1v) is 13.6. The summed E-state index contributed by atoms with van der Waals surface area (Å²) >= 11 is 0. The van der Waals surface area contributed by atoms with Gasteiger partial charge >= 0.3 is 0 Å². The van der Waals surface area contributed by atoms with Crippen LogP contribution in [0.15, 0.2) is 18.2 Å². The van der Waals surface area contributed by atoms with E-state index in [1.165, 1.54) is 12.1 Å². The summed E-state index contributed by atoms with van der Waals surface area (Å²) in [7, 11) is 0. The average Bonchev–Trinajstić information content (AvgIpc) is 3.15. The number of aliphatic hydroxyl groups is 1. The molecule has 34 heavy (non-hydrogen) atoms. The molecule has 1 spiro atoms. The molecular formula is C28H41N3O3. The number of rotatable bonds is 4. The Morgan fingerprint density at radius 3 is 2.50 bits per heavy atom. The van der Waals surface area contributed by atoms with E-state index < -0.39 is 0 Å². The van der Waals surface area contributed by atoms with Crippen LogP contribution in [0.5, 0.6) is 0 Å². The van der Waals surface area contributed by atoms with Gasteiger partial charge in [-0.1, -0.05) is 19.3 Å². The number of likely N-dealkylation sites (tertiary alicyclic amines) is 1. The number of piperidine rings is 1. The predicted molar refractivity (Wildman–Crippen MR) is 135 cm³/mol. The summed E-state index contributed by atoms with van der Waals surface area (Å²) in [5.41, 5.74) is 2.95. The predicted octanol–water partition coefficient (Wildman–Crippen LogP) is 4.64. The molecule has 2 saturated heterocycles. The van der Waals surface area contributed by atoms with E-state index in [9.17, 15) is 14.7 Å². The van der Waals surface area contributed by atoms with E-state index in [4.69, 9.17) is 0 Å². The number of nitrogens with zero attached hydrogens (tertiary/aromatic N) is 2. The van der Waals surface area contributed by atoms with Crippen molar-refractivity contribution in [2.24, 2.45) is 11.3 Å². The molecule has 2 amide bonds. The van der Waals surface area contributed by atoms with Crippen LogP contribution < -0.4 is 10.2 Å². The Morgan fingerprint density at radius 1 is 1.00 bits per heavy atom. The van der Waals surface area contributed by atoms with Crippen LogP contribution in [0.1, 0.15) is 82.6 Å². The molecule has 0 unspecified atom stereocenters. The van der Waals surface area contributed by atoms with Crippen molar-refractivity contribution in [2.45, 2.75) is 96.1 Å². The number of hydrogen-bond donors (Lipinski definition) is 2. The van der Waals surface area contributed by atoms with Crippen LogP contribution in [0.2, 0.25) is 0 Å². The minimum absolute atomic E-state index is 0.152. The second-order valence-corrected chi connectivity index (χ2v) is 11.3. The number of carbonyl (C=O) groups excluding carboxylic acids is 2. The molecule has 0 bridgehead atoms. The van der Waals surface area contributed by atoms with E-state index in [-0.39, 0.29) is 23.3 Å². The Bertz CT molecular complexity index is 904. The Labute approximate surface area is 204 Å². The van der Waals surface area contributed by atoms with E-state index in [2.05, 4.69) is 34.2 Å². The number of amides is 2. The number of carbonyl (C=O) groups is 2. The van der Waals surface area contributed by atoms with Crippen LogP contribution in [0.4, 0.5) is 11.4 Å². The van der Waals surface area contributed by atoms with Gasteiger partial charge in [0.1, 0.15) is 0 Å². The molecule has 2 aliphatic carbocycles. The highest BCUT2D eigenvalue weighted by atomic mass is 16.3. The summed E-state index contributed by atoms with van der Waals surface area (Å²) in [6.45, 7) is 4.73. The van der Waals surface area contributed by atoms with Gasteiger partial charge in [-0.2, -0.15) is 0 Å². The molecule has 186 valence electrons. The lowest BCUT2D eigenvalue weighted by Gasteiger charge is -2.42. The fraction of sp³-hybridized carbons (Fsp3) is 0.714. The Morgan fingerprint density at radius 2 is 1.76 bits per heavy atom. The van der Waals surface area contributed by atoms with E-state index in [1.807, 2.05) is 6.07 Å². The highest BCUT2D eigenvalue weighted by molar-refractivity contribution is 5.93. The zero-order valence-corrected chi connectivity index (χ0v) is 20.7. The van der Waals surface area contributed by atoms with Crippen molar-refractivity contribution in [1.29, 1.82) is 0 Å². The third-order valence-electron chi connectivity index (χ3n) is 9.01. The van der Waals surface area contributed by atoms with Crippen LogP contribution in [0.25, 0.3) is 0 Å². The summed E-state index contributed by atoms with van der Waals surface area (Å²) in [6, 6.07) is 6.55. The van der Waals surface area contributed by atoms with Gasteiger partial charge in [-0.05, 0) is 88.5 Å². The fourth-order valence-electron chi connectivity index (χ4n) is 6.98. The highest BCUT2D eigenvalue weighted by Crippen LogP contribution is 2.44. The molecule has 2 saturated carbocycles. The number of nitrogens with one attached hydrogen (secondary N) is 1. The van der Waals surface area contributed by atoms with Gasteiger partial charge in [0.05, 0.1) is 11.5 Å². The molecule has 4 aliphatic rings. The normalized spacial score (nSPS) is 30.7. The molecule has 1 aromatic carbocycles. The van der Waals surface area contributed by atoms with Crippen LogP contribution in [0, 0.1) is 18.3 Å². The molecule has 5 rings (SSSR count). The summed E-state index contributed by atoms with van der Waals surface area (Å²) in [5, 5.41) is 13.0. The van der Waals surface area contributed by atoms with Gasteiger partial charge in [0, 0.05) is 43.0 Å². The van der Waals surface area contributed by atoms with Crippen molar-refractivity contribution < 1.29 is 14.7 Å². The third kappa shape index (κ3) is 4.71. The molecule has 2 N–H and O–H groups in total. The lowest BCUT2D eigenvalue weighted by molar-refractivity contribution is -0.139. The summed E-state index contributed by atoms with van der Waals surface area (Å²) in [5.74, 6) is 0.655. The summed E-state index contributed by atoms with van der Waals surface area (Å²) in [6.07, 6.45) is 11.8. The molecule has 0 aromatic heterocycles. The van der Waals surface area contributed by atoms with Crippen LogP contribution in [-0.4, -0.2) is 53.6 Å². The van der Waals surface area contributed by atoms with E-state index in [0.29, 0.717) is 11.9 Å². The smallest absolute Gasteiger partial charge is 0.230 e. The molecule has 6 heteroatoms. The quantitative estimate of drug-likeness (QED) is 0.677. The molecule has 2 aliphatic heterocycles. The maximum Gasteiger partial charge on any atom is 0.230 e. The van der Waals surface area contributed by atoms with Crippen molar-refractivity contribution in [1.82, 2.24) is 4.90 Å². The second-order valence-electron chi connectivity index (χ2n) is 11.3. The van der Waals surface area contributed by atoms with Gasteiger partial charge in [-0.25, -0.2) is 0 Å². The molecular weight excluding hydrogens is 426 g/mol. The highest BCUT2D eigenvalue weighted by Gasteiger charge is 2.50. The first-order valence-electron chi connectivity index (χ1n) is 13.6. The van der Waals surface area contributed by atoms with Crippen molar-refractivity contribution in [3.05, 3.63) is 23.8 Å². The number of benzene rings is 1. The van der Waals surface area contributed by atoms with Crippen LogP contribution in [0.3, 0.4) is 0 Å². The first kappa shape index (κ1) is 23.7. The Hall–Kier alpha value is -2.08. The van der Waals surface area contributed by atoms with Crippen LogP contribution >= 0.6 is 0 Å². The standard InChI is InChI=1S/C28H41N3O3/c1-20-18-22(29-26(33)21-6-3-2-4-7-21)8-13-25(20)30-16-5-14-28(19-30)15-17-31(27(28)34)23-9-11-24(32)12-10-23/h8,13,18,21,23-24,32H,2-7,9-12,14-17,19H2,1H3,(H,29,33)/t23-,24-,28-/m1/s1. The average molecular weight is 468 g/mol. The number of aryl methyl sites for hydroxylation is 1. The maximum absolute atomic E-state index is 13.6. The molecule has 2 heterocycles. The lowest BCUT2D eigenvalue weighted by Crippen LogP contribution is -2.50. The topological polar surface area (TPSA) is 72.9 Å². The van der Waals surface area contributed by atoms with Gasteiger partial charge in [-0.15, -0.1) is 0 Å². The fourth-order valence-corrected chi connectivity index (χ4v) is 6.98. The number of aliphatic hydroxyl groups excluding tert-OH is 1. The Kier molecular flexibility index (Phi) is 6.88. The second kappa shape index (κ2) is 9.88. The Balaban J connectivity index is 1.24. The molecule has 4 fully saturated rings. The van der Waals surface area contributed by atoms with E-state index >= 15 is 0 Å². The van der Waals surface area contributed by atoms with Crippen molar-refractivity contribution in [2.75, 3.05) is 29.9 Å². The monoisotopic (exact) mass is 467 g/mol. The summed E-state index contributed by atoms with van der Waals surface area (Å²) in [4.78, 5) is 30.9. The third-order valence-corrected chi connectivity index (χ3v) is 9.01. The zero-order chi connectivity index (χ0) is 23.7. The van der Waals surface area contributed by atoms with Gasteiger partial charge in [0.25, 0.3) is 0 Å². The molecule has 1 aromatic rings. The van der Waals surface area contributed by atoms with Crippen LogP contribution in [-0.2, 0) is 9.59 Å². The van der Waals surface area contributed by atoms with Gasteiger partial charge in [0.2, 0.25) is 11.8 Å². The first-order chi connectivity index (χ1) is 16.4. The van der Waals surface area contributed by atoms with Crippen molar-refractivity contribution in [3.63, 3.8) is 0 Å². The lowest BCUT2D eigenvalue weighted by atomic mass is 9.78. The van der Waals surface area contributed by atoms with E-state index in [1.54, 1.807) is 0 Å². The van der Waals surface area contributed by atoms with Crippen molar-refractivity contribution >= 4 is 23.2 Å². The number of anilines is 2. The zero-order valence-electron chi connectivity index (χ0n) is 20.7. The number of hydrogen-bond acceptors (Lipinski definition) is 4. The van der Waals surface area contributed by atoms with Gasteiger partial charge < -0.3 is 20.2 Å². The molecule has 6 nitrogen and oxygen atoms in total. The van der Waals surface area contributed by atoms with Gasteiger partial charge in [-0.3, -0.25) is 9.59 Å². The van der Waals surface area contributed by atoms with Gasteiger partial charge in [0.15, 0.2) is 0 Å². The molecule has 0 radical (unpaired) electrons. The van der Waals surface area contributed by atoms with E-state index in [0.717, 1.165) is 102 Å². The van der Waals surface area contributed by atoms with Crippen molar-refractivity contribution in [3.8, 4) is 0 Å². The maximum atomic E-state index is 13.6. The molecule has 1 atom stereocenters. The summed E-state index contributed by atoms with van der Waals surface area (Å²) < 4.78 is 0. The minimum atomic E-state index is -0.269. The SMILES string of the molecule is Cc1cc(NC(=O)C2CCCCC2)ccc1N1CCC[C@@]2(CCN([C@H]3CC[C@H](O)CC3)C2=O)C1. The largest absolute Gasteiger partial charge is 0.393 e. The minimum Gasteiger partial charge on any atom is -0.393 e.